The van der Waals surface area contributed by atoms with Crippen molar-refractivity contribution >= 4 is 33.2 Å². The molecule has 0 unspecified atom stereocenters. The molecule has 0 heterocycles. The van der Waals surface area contributed by atoms with Crippen LogP contribution in [0.25, 0.3) is 0 Å². The summed E-state index contributed by atoms with van der Waals surface area (Å²) in [7, 11) is -2.03. The Hall–Kier alpha value is -0.330. The van der Waals surface area contributed by atoms with Crippen molar-refractivity contribution in [3.8, 4) is 0 Å². The topological polar surface area (TPSA) is 46.6 Å². The summed E-state index contributed by atoms with van der Waals surface area (Å²) >= 11 is 11.8. The van der Waals surface area contributed by atoms with Gasteiger partial charge in [-0.25, -0.2) is 8.42 Å². The Kier molecular flexibility index (Phi) is 7.44. The van der Waals surface area contributed by atoms with Gasteiger partial charge in [-0.1, -0.05) is 25.4 Å². The number of hydrogen-bond donors (Lipinski definition) is 0. The van der Waals surface area contributed by atoms with Gasteiger partial charge in [-0.3, -0.25) is 0 Å². The van der Waals surface area contributed by atoms with E-state index in [1.165, 1.54) is 16.4 Å². The van der Waals surface area contributed by atoms with E-state index in [0.29, 0.717) is 30.3 Å². The number of ether oxygens (including phenoxy) is 1. The summed E-state index contributed by atoms with van der Waals surface area (Å²) in [6.45, 7) is 5.05. The van der Waals surface area contributed by atoms with E-state index < -0.39 is 10.0 Å². The predicted octanol–water partition coefficient (Wildman–Crippen LogP) is 3.37. The van der Waals surface area contributed by atoms with Gasteiger partial charge in [0.25, 0.3) is 0 Å². The van der Waals surface area contributed by atoms with E-state index in [9.17, 15) is 8.42 Å². The standard InChI is InChI=1S/C14H21Cl2NO3S/c1-11(2)10-17(6-7-20-3)21(18,19)13-4-5-14(16)12(8-13)9-15/h4-5,8,11H,6-7,9-10H2,1-3H3. The van der Waals surface area contributed by atoms with Gasteiger partial charge in [-0.05, 0) is 29.7 Å². The largest absolute Gasteiger partial charge is 0.383 e. The van der Waals surface area contributed by atoms with E-state index in [0.717, 1.165) is 0 Å². The molecule has 0 amide bonds. The smallest absolute Gasteiger partial charge is 0.243 e. The van der Waals surface area contributed by atoms with Crippen LogP contribution >= 0.6 is 23.2 Å². The molecule has 7 heteroatoms. The zero-order valence-electron chi connectivity index (χ0n) is 12.5. The highest BCUT2D eigenvalue weighted by Gasteiger charge is 2.25. The van der Waals surface area contributed by atoms with Gasteiger partial charge in [0.1, 0.15) is 0 Å². The Balaban J connectivity index is 3.14. The average Bonchev–Trinajstić information content (AvgIpc) is 2.43. The minimum atomic E-state index is -3.58. The van der Waals surface area contributed by atoms with E-state index in [4.69, 9.17) is 27.9 Å². The lowest BCUT2D eigenvalue weighted by molar-refractivity contribution is 0.175. The molecule has 0 radical (unpaired) electrons. The first-order chi connectivity index (χ1) is 9.82. The zero-order valence-corrected chi connectivity index (χ0v) is 14.8. The van der Waals surface area contributed by atoms with Crippen LogP contribution in [0.5, 0.6) is 0 Å². The van der Waals surface area contributed by atoms with Crippen LogP contribution in [0.4, 0.5) is 0 Å². The molecule has 0 spiro atoms. The number of rotatable bonds is 8. The summed E-state index contributed by atoms with van der Waals surface area (Å²) in [4.78, 5) is 0.208. The summed E-state index contributed by atoms with van der Waals surface area (Å²) in [5.74, 6) is 0.390. The van der Waals surface area contributed by atoms with Crippen molar-refractivity contribution in [3.63, 3.8) is 0 Å². The third-order valence-corrected chi connectivity index (χ3v) is 5.43. The fourth-order valence-electron chi connectivity index (χ4n) is 1.87. The van der Waals surface area contributed by atoms with Gasteiger partial charge in [0, 0.05) is 31.1 Å². The second kappa shape index (κ2) is 8.34. The van der Waals surface area contributed by atoms with Crippen molar-refractivity contribution < 1.29 is 13.2 Å². The third kappa shape index (κ3) is 5.11. The summed E-state index contributed by atoms with van der Waals surface area (Å²) in [6.07, 6.45) is 0. The molecule has 0 N–H and O–H groups in total. The first kappa shape index (κ1) is 18.7. The molecule has 1 aromatic rings. The molecular formula is C14H21Cl2NO3S. The maximum Gasteiger partial charge on any atom is 0.243 e. The van der Waals surface area contributed by atoms with Crippen LogP contribution in [0.15, 0.2) is 23.1 Å². The summed E-state index contributed by atoms with van der Waals surface area (Å²) in [5, 5.41) is 0.469. The van der Waals surface area contributed by atoms with Crippen LogP contribution in [-0.2, 0) is 20.6 Å². The Labute approximate surface area is 137 Å². The molecule has 1 aromatic carbocycles. The second-order valence-electron chi connectivity index (χ2n) is 5.14. The van der Waals surface area contributed by atoms with Crippen molar-refractivity contribution in [3.05, 3.63) is 28.8 Å². The molecule has 120 valence electrons. The lowest BCUT2D eigenvalue weighted by Crippen LogP contribution is -2.36. The fourth-order valence-corrected chi connectivity index (χ4v) is 3.99. The van der Waals surface area contributed by atoms with Crippen molar-refractivity contribution in [2.24, 2.45) is 5.92 Å². The number of sulfonamides is 1. The Morgan fingerprint density at radius 3 is 2.52 bits per heavy atom. The normalized spacial score (nSPS) is 12.3. The van der Waals surface area contributed by atoms with Gasteiger partial charge >= 0.3 is 0 Å². The van der Waals surface area contributed by atoms with Gasteiger partial charge in [0.2, 0.25) is 10.0 Å². The molecule has 4 nitrogen and oxygen atoms in total. The van der Waals surface area contributed by atoms with E-state index >= 15 is 0 Å². The van der Waals surface area contributed by atoms with Crippen LogP contribution in [0.2, 0.25) is 5.02 Å². The van der Waals surface area contributed by atoms with Crippen LogP contribution < -0.4 is 0 Å². The number of halogens is 2. The van der Waals surface area contributed by atoms with Crippen LogP contribution in [0, 0.1) is 5.92 Å². The number of hydrogen-bond acceptors (Lipinski definition) is 3. The molecule has 21 heavy (non-hydrogen) atoms. The SMILES string of the molecule is COCCN(CC(C)C)S(=O)(=O)c1ccc(Cl)c(CCl)c1. The highest BCUT2D eigenvalue weighted by molar-refractivity contribution is 7.89. The Morgan fingerprint density at radius 2 is 2.00 bits per heavy atom. The molecule has 0 atom stereocenters. The molecule has 0 fully saturated rings. The van der Waals surface area contributed by atoms with Gasteiger partial charge < -0.3 is 4.74 Å². The number of benzene rings is 1. The molecule has 0 aliphatic carbocycles. The molecule has 0 saturated heterocycles. The Morgan fingerprint density at radius 1 is 1.33 bits per heavy atom. The Bertz CT molecular complexity index is 561. The lowest BCUT2D eigenvalue weighted by Gasteiger charge is -2.24. The van der Waals surface area contributed by atoms with Gasteiger partial charge in [0.15, 0.2) is 0 Å². The fraction of sp³-hybridized carbons (Fsp3) is 0.571. The molecule has 0 aromatic heterocycles. The quantitative estimate of drug-likeness (QED) is 0.673. The molecule has 0 aliphatic heterocycles. The highest BCUT2D eigenvalue weighted by atomic mass is 35.5. The highest BCUT2D eigenvalue weighted by Crippen LogP contribution is 2.24. The van der Waals surface area contributed by atoms with Crippen LogP contribution in [0.3, 0.4) is 0 Å². The van der Waals surface area contributed by atoms with E-state index in [1.54, 1.807) is 13.2 Å². The minimum Gasteiger partial charge on any atom is -0.383 e. The molecule has 0 aliphatic rings. The predicted molar refractivity (Wildman–Crippen MR) is 86.5 cm³/mol. The first-order valence-electron chi connectivity index (χ1n) is 6.66. The first-order valence-corrected chi connectivity index (χ1v) is 9.01. The summed E-state index contributed by atoms with van der Waals surface area (Å²) < 4.78 is 31.9. The zero-order chi connectivity index (χ0) is 16.0. The van der Waals surface area contributed by atoms with Crippen LogP contribution in [0.1, 0.15) is 19.4 Å². The van der Waals surface area contributed by atoms with E-state index in [1.807, 2.05) is 13.8 Å². The summed E-state index contributed by atoms with van der Waals surface area (Å²) in [5.41, 5.74) is 0.607. The second-order valence-corrected chi connectivity index (χ2v) is 7.75. The maximum absolute atomic E-state index is 12.7. The lowest BCUT2D eigenvalue weighted by atomic mass is 10.2. The number of alkyl halides is 1. The monoisotopic (exact) mass is 353 g/mol. The van der Waals surface area contributed by atoms with Crippen LogP contribution in [-0.4, -0.2) is 39.5 Å². The number of methoxy groups -OCH3 is 1. The van der Waals surface area contributed by atoms with Gasteiger partial charge in [0.05, 0.1) is 11.5 Å². The minimum absolute atomic E-state index is 0.171. The van der Waals surface area contributed by atoms with E-state index in [-0.39, 0.29) is 16.7 Å². The van der Waals surface area contributed by atoms with Crippen molar-refractivity contribution in [2.45, 2.75) is 24.6 Å². The maximum atomic E-state index is 12.7. The van der Waals surface area contributed by atoms with Crippen molar-refractivity contribution in [1.29, 1.82) is 0 Å². The van der Waals surface area contributed by atoms with E-state index in [2.05, 4.69) is 0 Å². The van der Waals surface area contributed by atoms with Gasteiger partial charge in [-0.2, -0.15) is 4.31 Å². The van der Waals surface area contributed by atoms with Crippen molar-refractivity contribution in [2.75, 3.05) is 26.8 Å². The molecule has 0 saturated carbocycles. The van der Waals surface area contributed by atoms with Crippen molar-refractivity contribution in [1.82, 2.24) is 4.31 Å². The van der Waals surface area contributed by atoms with Gasteiger partial charge in [-0.15, -0.1) is 11.6 Å². The summed E-state index contributed by atoms with van der Waals surface area (Å²) in [6, 6.07) is 4.61. The molecular weight excluding hydrogens is 333 g/mol. The third-order valence-electron chi connectivity index (χ3n) is 2.91. The molecule has 0 bridgehead atoms. The average molecular weight is 354 g/mol. The molecule has 1 rings (SSSR count). The number of nitrogens with zero attached hydrogens (tertiary/aromatic N) is 1.